The molecule has 0 aliphatic heterocycles. The Hall–Kier alpha value is -1.23. The van der Waals surface area contributed by atoms with E-state index in [1.807, 2.05) is 19.9 Å². The second-order valence-corrected chi connectivity index (χ2v) is 6.88. The molecule has 0 fully saturated rings. The number of hydrogen-bond donors (Lipinski definition) is 0. The number of halogens is 3. The monoisotopic (exact) mass is 430 g/mol. The van der Waals surface area contributed by atoms with Gasteiger partial charge in [0, 0.05) is 11.4 Å². The van der Waals surface area contributed by atoms with E-state index in [2.05, 4.69) is 15.9 Å². The Morgan fingerprint density at radius 1 is 1.17 bits per heavy atom. The fourth-order valence-corrected chi connectivity index (χ4v) is 2.97. The molecule has 0 heterocycles. The van der Waals surface area contributed by atoms with E-state index in [0.717, 1.165) is 20.6 Å². The predicted octanol–water partition coefficient (Wildman–Crippen LogP) is 6.14. The van der Waals surface area contributed by atoms with Crippen LogP contribution in [0.5, 0.6) is 11.5 Å². The van der Waals surface area contributed by atoms with E-state index >= 15 is 0 Å². The molecular weight excluding hydrogens is 415 g/mol. The van der Waals surface area contributed by atoms with Gasteiger partial charge in [0.2, 0.25) is 0 Å². The molecule has 0 aromatic heterocycles. The standard InChI is InChI=1S/C18H17BrCl2O3/c1-11-10-15(17(19)12(2)18(11)21)23-9-5-8-16(22)24-14-7-4-3-6-13(14)20/h3-4,6-7,10H,5,8-9H2,1-2H3. The molecule has 128 valence electrons. The number of carbonyl (C=O) groups excluding carboxylic acids is 1. The van der Waals surface area contributed by atoms with Crippen molar-refractivity contribution in [3.8, 4) is 11.5 Å². The molecule has 0 radical (unpaired) electrons. The molecule has 0 atom stereocenters. The van der Waals surface area contributed by atoms with Crippen molar-refractivity contribution in [2.24, 2.45) is 0 Å². The fraction of sp³-hybridized carbons (Fsp3) is 0.278. The average Bonchev–Trinajstić information content (AvgIpc) is 2.56. The average molecular weight is 432 g/mol. The molecule has 0 amide bonds. The Morgan fingerprint density at radius 2 is 1.88 bits per heavy atom. The summed E-state index contributed by atoms with van der Waals surface area (Å²) in [6, 6.07) is 8.76. The predicted molar refractivity (Wildman–Crippen MR) is 100 cm³/mol. The first-order chi connectivity index (χ1) is 11.4. The third kappa shape index (κ3) is 4.88. The topological polar surface area (TPSA) is 35.5 Å². The largest absolute Gasteiger partial charge is 0.492 e. The fourth-order valence-electron chi connectivity index (χ4n) is 2.11. The zero-order chi connectivity index (χ0) is 17.7. The molecule has 0 aliphatic carbocycles. The van der Waals surface area contributed by atoms with Gasteiger partial charge in [-0.25, -0.2) is 0 Å². The maximum absolute atomic E-state index is 11.8. The molecule has 0 aliphatic rings. The second kappa shape index (κ2) is 8.75. The van der Waals surface area contributed by atoms with Crippen molar-refractivity contribution in [2.75, 3.05) is 6.61 Å². The maximum atomic E-state index is 11.8. The molecule has 0 unspecified atom stereocenters. The summed E-state index contributed by atoms with van der Waals surface area (Å²) in [5.74, 6) is 0.750. The molecule has 24 heavy (non-hydrogen) atoms. The minimum absolute atomic E-state index is 0.244. The van der Waals surface area contributed by atoms with Crippen LogP contribution in [0.15, 0.2) is 34.8 Å². The lowest BCUT2D eigenvalue weighted by atomic mass is 10.1. The van der Waals surface area contributed by atoms with Crippen molar-refractivity contribution < 1.29 is 14.3 Å². The third-order valence-electron chi connectivity index (χ3n) is 3.41. The highest BCUT2D eigenvalue weighted by molar-refractivity contribution is 9.10. The number of ether oxygens (including phenoxy) is 2. The zero-order valence-electron chi connectivity index (χ0n) is 13.4. The highest BCUT2D eigenvalue weighted by Gasteiger charge is 2.12. The SMILES string of the molecule is Cc1cc(OCCCC(=O)Oc2ccccc2Cl)c(Br)c(C)c1Cl. The van der Waals surface area contributed by atoms with Crippen LogP contribution in [-0.2, 0) is 4.79 Å². The highest BCUT2D eigenvalue weighted by atomic mass is 79.9. The molecule has 0 saturated heterocycles. The summed E-state index contributed by atoms with van der Waals surface area (Å²) < 4.78 is 11.8. The Balaban J connectivity index is 1.83. The number of aryl methyl sites for hydroxylation is 1. The molecule has 6 heteroatoms. The van der Waals surface area contributed by atoms with E-state index in [1.165, 1.54) is 0 Å². The number of hydrogen-bond acceptors (Lipinski definition) is 3. The van der Waals surface area contributed by atoms with Gasteiger partial charge in [-0.15, -0.1) is 0 Å². The van der Waals surface area contributed by atoms with Gasteiger partial charge in [-0.1, -0.05) is 35.3 Å². The van der Waals surface area contributed by atoms with E-state index in [4.69, 9.17) is 32.7 Å². The lowest BCUT2D eigenvalue weighted by Gasteiger charge is -2.13. The van der Waals surface area contributed by atoms with Crippen LogP contribution in [0.25, 0.3) is 0 Å². The van der Waals surface area contributed by atoms with Gasteiger partial charge in [-0.3, -0.25) is 4.79 Å². The van der Waals surface area contributed by atoms with Gasteiger partial charge in [0.15, 0.2) is 0 Å². The van der Waals surface area contributed by atoms with Crippen LogP contribution in [0.2, 0.25) is 10.0 Å². The molecule has 2 aromatic carbocycles. The first-order valence-electron chi connectivity index (χ1n) is 7.43. The van der Waals surface area contributed by atoms with Gasteiger partial charge in [0.25, 0.3) is 0 Å². The summed E-state index contributed by atoms with van der Waals surface area (Å²) in [6.07, 6.45) is 0.783. The third-order valence-corrected chi connectivity index (χ3v) is 5.29. The van der Waals surface area contributed by atoms with Crippen molar-refractivity contribution in [3.05, 3.63) is 56.0 Å². The molecule has 0 N–H and O–H groups in total. The van der Waals surface area contributed by atoms with E-state index in [-0.39, 0.29) is 12.4 Å². The Morgan fingerprint density at radius 3 is 2.58 bits per heavy atom. The van der Waals surface area contributed by atoms with E-state index < -0.39 is 0 Å². The van der Waals surface area contributed by atoms with Gasteiger partial charge in [-0.2, -0.15) is 0 Å². The molecule has 2 rings (SSSR count). The number of para-hydroxylation sites is 1. The quantitative estimate of drug-likeness (QED) is 0.313. The zero-order valence-corrected chi connectivity index (χ0v) is 16.5. The summed E-state index contributed by atoms with van der Waals surface area (Å²) in [5.41, 5.74) is 1.88. The number of rotatable bonds is 6. The number of benzene rings is 2. The molecule has 0 saturated carbocycles. The van der Waals surface area contributed by atoms with Crippen LogP contribution in [0.4, 0.5) is 0 Å². The Bertz CT molecular complexity index is 747. The van der Waals surface area contributed by atoms with E-state index in [0.29, 0.717) is 29.5 Å². The van der Waals surface area contributed by atoms with E-state index in [1.54, 1.807) is 24.3 Å². The van der Waals surface area contributed by atoms with E-state index in [9.17, 15) is 4.79 Å². The van der Waals surface area contributed by atoms with Crippen molar-refractivity contribution in [1.29, 1.82) is 0 Å². The minimum atomic E-state index is -0.339. The lowest BCUT2D eigenvalue weighted by Crippen LogP contribution is -2.10. The van der Waals surface area contributed by atoms with Gasteiger partial charge in [-0.05, 0) is 65.5 Å². The van der Waals surface area contributed by atoms with Gasteiger partial charge in [0.1, 0.15) is 11.5 Å². The van der Waals surface area contributed by atoms with Gasteiger partial charge in [0.05, 0.1) is 16.1 Å². The van der Waals surface area contributed by atoms with Crippen molar-refractivity contribution in [2.45, 2.75) is 26.7 Å². The molecule has 0 spiro atoms. The molecule has 3 nitrogen and oxygen atoms in total. The summed E-state index contributed by atoms with van der Waals surface area (Å²) in [7, 11) is 0. The van der Waals surface area contributed by atoms with Crippen LogP contribution in [0.3, 0.4) is 0 Å². The van der Waals surface area contributed by atoms with Crippen molar-refractivity contribution in [1.82, 2.24) is 0 Å². The summed E-state index contributed by atoms with van der Waals surface area (Å²) >= 11 is 15.6. The van der Waals surface area contributed by atoms with Crippen LogP contribution < -0.4 is 9.47 Å². The second-order valence-electron chi connectivity index (χ2n) is 5.30. The van der Waals surface area contributed by atoms with Crippen molar-refractivity contribution >= 4 is 45.1 Å². The number of esters is 1. The van der Waals surface area contributed by atoms with Gasteiger partial charge < -0.3 is 9.47 Å². The first kappa shape index (κ1) is 19.1. The summed E-state index contributed by atoms with van der Waals surface area (Å²) in [5, 5.41) is 1.13. The van der Waals surface area contributed by atoms with Gasteiger partial charge >= 0.3 is 5.97 Å². The Kier molecular flexibility index (Phi) is 6.96. The van der Waals surface area contributed by atoms with Crippen LogP contribution in [-0.4, -0.2) is 12.6 Å². The first-order valence-corrected chi connectivity index (χ1v) is 8.98. The van der Waals surface area contributed by atoms with Crippen LogP contribution >= 0.6 is 39.1 Å². The van der Waals surface area contributed by atoms with Crippen LogP contribution in [0.1, 0.15) is 24.0 Å². The summed E-state index contributed by atoms with van der Waals surface area (Å²) in [6.45, 7) is 4.25. The lowest BCUT2D eigenvalue weighted by molar-refractivity contribution is -0.134. The summed E-state index contributed by atoms with van der Waals surface area (Å²) in [4.78, 5) is 11.8. The molecule has 0 bridgehead atoms. The van der Waals surface area contributed by atoms with Crippen molar-refractivity contribution in [3.63, 3.8) is 0 Å². The Labute approximate surface area is 160 Å². The van der Waals surface area contributed by atoms with Crippen LogP contribution in [0, 0.1) is 13.8 Å². The minimum Gasteiger partial charge on any atom is -0.492 e. The molecule has 2 aromatic rings. The maximum Gasteiger partial charge on any atom is 0.311 e. The highest BCUT2D eigenvalue weighted by Crippen LogP contribution is 2.35. The normalized spacial score (nSPS) is 10.5. The smallest absolute Gasteiger partial charge is 0.311 e. The number of carbonyl (C=O) groups is 1. The molecular formula is C18H17BrCl2O3.